The molecule has 0 unspecified atom stereocenters. The highest BCUT2D eigenvalue weighted by atomic mass is 16.3. The Hall–Kier alpha value is -7.16. The average molecular weight is 690 g/mol. The van der Waals surface area contributed by atoms with E-state index in [9.17, 15) is 0 Å². The van der Waals surface area contributed by atoms with E-state index >= 15 is 0 Å². The van der Waals surface area contributed by atoms with Gasteiger partial charge in [0, 0.05) is 33.0 Å². The molecule has 10 rings (SSSR count). The van der Waals surface area contributed by atoms with Gasteiger partial charge in [-0.25, -0.2) is 0 Å². The van der Waals surface area contributed by atoms with Crippen molar-refractivity contribution in [2.75, 3.05) is 4.90 Å². The highest BCUT2D eigenvalue weighted by Crippen LogP contribution is 2.49. The zero-order valence-corrected chi connectivity index (χ0v) is 29.6. The van der Waals surface area contributed by atoms with Crippen LogP contribution in [0.4, 0.5) is 17.1 Å². The van der Waals surface area contributed by atoms with Crippen LogP contribution in [0.25, 0.3) is 77.2 Å². The van der Waals surface area contributed by atoms with Crippen LogP contribution in [0, 0.1) is 0 Å². The van der Waals surface area contributed by atoms with Crippen molar-refractivity contribution < 1.29 is 4.42 Å². The Morgan fingerprint density at radius 3 is 1.39 bits per heavy atom. The highest BCUT2D eigenvalue weighted by molar-refractivity contribution is 6.14. The van der Waals surface area contributed by atoms with Crippen LogP contribution in [0.3, 0.4) is 0 Å². The van der Waals surface area contributed by atoms with Crippen LogP contribution in [-0.4, -0.2) is 0 Å². The summed E-state index contributed by atoms with van der Waals surface area (Å²) in [5.74, 6) is 0. The third kappa shape index (κ3) is 5.53. The van der Waals surface area contributed by atoms with E-state index in [4.69, 9.17) is 4.42 Å². The van der Waals surface area contributed by atoms with Crippen molar-refractivity contribution in [3.05, 3.63) is 212 Å². The number of nitrogens with zero attached hydrogens (tertiary/aromatic N) is 1. The third-order valence-electron chi connectivity index (χ3n) is 10.5. The molecule has 9 aromatic carbocycles. The minimum atomic E-state index is 0.885. The largest absolute Gasteiger partial charge is 0.455 e. The summed E-state index contributed by atoms with van der Waals surface area (Å²) < 4.78 is 6.81. The maximum atomic E-state index is 6.81. The van der Waals surface area contributed by atoms with Gasteiger partial charge >= 0.3 is 0 Å². The molecular formula is C52H35NO. The van der Waals surface area contributed by atoms with Crippen LogP contribution in [0.15, 0.2) is 217 Å². The van der Waals surface area contributed by atoms with Crippen molar-refractivity contribution in [2.45, 2.75) is 0 Å². The fourth-order valence-electron chi connectivity index (χ4n) is 7.90. The fourth-order valence-corrected chi connectivity index (χ4v) is 7.90. The van der Waals surface area contributed by atoms with Crippen LogP contribution in [-0.2, 0) is 0 Å². The molecule has 1 heterocycles. The first-order chi connectivity index (χ1) is 26.8. The Kier molecular flexibility index (Phi) is 7.85. The SMILES string of the molecule is c1ccc(-c2ccc(-c3ccccc3N(c3ccccc3-c3ccccc3)c3ccccc3-c3cccc4c3oc3cc5ccccc5cc34)cc2)cc1. The number of furan rings is 1. The second kappa shape index (κ2) is 13.4. The van der Waals surface area contributed by atoms with Gasteiger partial charge < -0.3 is 9.32 Å². The van der Waals surface area contributed by atoms with Crippen molar-refractivity contribution >= 4 is 49.8 Å². The molecule has 254 valence electrons. The first kappa shape index (κ1) is 31.6. The van der Waals surface area contributed by atoms with Crippen LogP contribution in [0.1, 0.15) is 0 Å². The quantitative estimate of drug-likeness (QED) is 0.166. The second-order valence-electron chi connectivity index (χ2n) is 13.7. The zero-order valence-electron chi connectivity index (χ0n) is 29.6. The standard InChI is InChI=1S/C52H35NO/c1-3-16-36(17-4-1)37-30-32-39(33-31-37)43-23-10-13-28-49(43)53(48-27-12-9-22-42(48)38-18-5-2-6-19-38)50-29-14-11-24-44(50)45-25-15-26-46-47-34-40-20-7-8-21-41(40)35-51(47)54-52(45)46/h1-35H. The van der Waals surface area contributed by atoms with E-state index in [-0.39, 0.29) is 0 Å². The van der Waals surface area contributed by atoms with Gasteiger partial charge in [0.25, 0.3) is 0 Å². The van der Waals surface area contributed by atoms with E-state index in [1.807, 2.05) is 0 Å². The van der Waals surface area contributed by atoms with Gasteiger partial charge in [-0.15, -0.1) is 0 Å². The van der Waals surface area contributed by atoms with Gasteiger partial charge in [0.2, 0.25) is 0 Å². The van der Waals surface area contributed by atoms with Gasteiger partial charge in [0.15, 0.2) is 0 Å². The summed E-state index contributed by atoms with van der Waals surface area (Å²) in [6.45, 7) is 0. The Morgan fingerprint density at radius 2 is 0.741 bits per heavy atom. The molecule has 0 bridgehead atoms. The molecule has 0 aliphatic heterocycles. The Morgan fingerprint density at radius 1 is 0.296 bits per heavy atom. The average Bonchev–Trinajstić information content (AvgIpc) is 3.62. The number of hydrogen-bond donors (Lipinski definition) is 0. The molecule has 1 aromatic heterocycles. The van der Waals surface area contributed by atoms with E-state index in [2.05, 4.69) is 217 Å². The number of para-hydroxylation sites is 4. The zero-order chi connectivity index (χ0) is 35.8. The summed E-state index contributed by atoms with van der Waals surface area (Å²) in [5, 5.41) is 4.61. The summed E-state index contributed by atoms with van der Waals surface area (Å²) in [6.07, 6.45) is 0. The molecule has 0 aliphatic rings. The molecule has 10 aromatic rings. The van der Waals surface area contributed by atoms with E-state index in [1.165, 1.54) is 21.9 Å². The Labute approximate surface area is 314 Å². The van der Waals surface area contributed by atoms with Gasteiger partial charge in [-0.05, 0) is 63.4 Å². The number of benzene rings is 9. The molecule has 0 saturated carbocycles. The number of fused-ring (bicyclic) bond motifs is 4. The molecule has 0 fully saturated rings. The van der Waals surface area contributed by atoms with Crippen molar-refractivity contribution in [3.8, 4) is 44.5 Å². The number of anilines is 3. The van der Waals surface area contributed by atoms with Crippen LogP contribution >= 0.6 is 0 Å². The molecule has 2 heteroatoms. The summed E-state index contributed by atoms with van der Waals surface area (Å²) in [5.41, 5.74) is 14.2. The van der Waals surface area contributed by atoms with E-state index < -0.39 is 0 Å². The molecule has 0 aliphatic carbocycles. The lowest BCUT2D eigenvalue weighted by Gasteiger charge is -2.31. The molecule has 0 N–H and O–H groups in total. The van der Waals surface area contributed by atoms with E-state index in [0.717, 1.165) is 72.4 Å². The highest BCUT2D eigenvalue weighted by Gasteiger charge is 2.24. The van der Waals surface area contributed by atoms with Crippen molar-refractivity contribution in [2.24, 2.45) is 0 Å². The molecule has 2 nitrogen and oxygen atoms in total. The molecular weight excluding hydrogens is 655 g/mol. The fraction of sp³-hybridized carbons (Fsp3) is 0. The van der Waals surface area contributed by atoms with Crippen LogP contribution in [0.2, 0.25) is 0 Å². The number of hydrogen-bond acceptors (Lipinski definition) is 2. The normalized spacial score (nSPS) is 11.3. The van der Waals surface area contributed by atoms with Gasteiger partial charge in [-0.2, -0.15) is 0 Å². The molecule has 0 spiro atoms. The van der Waals surface area contributed by atoms with E-state index in [1.54, 1.807) is 0 Å². The smallest absolute Gasteiger partial charge is 0.143 e. The summed E-state index contributed by atoms with van der Waals surface area (Å²) in [4.78, 5) is 2.44. The number of rotatable bonds is 7. The van der Waals surface area contributed by atoms with Gasteiger partial charge in [-0.1, -0.05) is 182 Å². The van der Waals surface area contributed by atoms with Crippen molar-refractivity contribution in [1.29, 1.82) is 0 Å². The van der Waals surface area contributed by atoms with Gasteiger partial charge in [-0.3, -0.25) is 0 Å². The maximum Gasteiger partial charge on any atom is 0.143 e. The lowest BCUT2D eigenvalue weighted by atomic mass is 9.95. The minimum absolute atomic E-state index is 0.885. The molecule has 0 saturated heterocycles. The second-order valence-corrected chi connectivity index (χ2v) is 13.7. The first-order valence-corrected chi connectivity index (χ1v) is 18.4. The maximum absolute atomic E-state index is 6.81. The van der Waals surface area contributed by atoms with E-state index in [0.29, 0.717) is 0 Å². The van der Waals surface area contributed by atoms with Gasteiger partial charge in [0.05, 0.1) is 17.1 Å². The lowest BCUT2D eigenvalue weighted by molar-refractivity contribution is 0.670. The van der Waals surface area contributed by atoms with Crippen LogP contribution in [0.5, 0.6) is 0 Å². The minimum Gasteiger partial charge on any atom is -0.455 e. The van der Waals surface area contributed by atoms with Crippen molar-refractivity contribution in [3.63, 3.8) is 0 Å². The third-order valence-corrected chi connectivity index (χ3v) is 10.5. The Balaban J connectivity index is 1.21. The monoisotopic (exact) mass is 689 g/mol. The van der Waals surface area contributed by atoms with Crippen LogP contribution < -0.4 is 4.90 Å². The predicted octanol–water partition coefficient (Wildman–Crippen LogP) is 14.9. The summed E-state index contributed by atoms with van der Waals surface area (Å²) in [6, 6.07) is 75.8. The van der Waals surface area contributed by atoms with Crippen molar-refractivity contribution in [1.82, 2.24) is 0 Å². The summed E-state index contributed by atoms with van der Waals surface area (Å²) in [7, 11) is 0. The van der Waals surface area contributed by atoms with Gasteiger partial charge in [0.1, 0.15) is 11.2 Å². The lowest BCUT2D eigenvalue weighted by Crippen LogP contribution is -2.13. The molecule has 0 amide bonds. The summed E-state index contributed by atoms with van der Waals surface area (Å²) >= 11 is 0. The molecule has 0 atom stereocenters. The first-order valence-electron chi connectivity index (χ1n) is 18.4. The topological polar surface area (TPSA) is 16.4 Å². The molecule has 0 radical (unpaired) electrons. The Bertz CT molecular complexity index is 2920. The molecule has 54 heavy (non-hydrogen) atoms. The predicted molar refractivity (Wildman–Crippen MR) is 228 cm³/mol.